The van der Waals surface area contributed by atoms with Gasteiger partial charge in [0.15, 0.2) is 5.82 Å². The van der Waals surface area contributed by atoms with Crippen molar-refractivity contribution >= 4 is 49.8 Å². The highest BCUT2D eigenvalue weighted by molar-refractivity contribution is 6.25. The highest BCUT2D eigenvalue weighted by Gasteiger charge is 2.35. The van der Waals surface area contributed by atoms with Gasteiger partial charge in [-0.2, -0.15) is 0 Å². The predicted octanol–water partition coefficient (Wildman–Crippen LogP) is 14.3. The van der Waals surface area contributed by atoms with Crippen molar-refractivity contribution in [1.82, 2.24) is 9.97 Å². The van der Waals surface area contributed by atoms with Crippen molar-refractivity contribution in [1.29, 1.82) is 0 Å². The lowest BCUT2D eigenvalue weighted by Gasteiger charge is -2.27. The Bertz CT molecular complexity index is 3110. The van der Waals surface area contributed by atoms with Crippen molar-refractivity contribution in [2.24, 2.45) is 0 Å². The highest BCUT2D eigenvalue weighted by Crippen LogP contribution is 2.50. The van der Waals surface area contributed by atoms with E-state index in [1.165, 1.54) is 22.3 Å². The lowest BCUT2D eigenvalue weighted by molar-refractivity contribution is 0.660. The molecule has 0 saturated carbocycles. The van der Waals surface area contributed by atoms with Gasteiger partial charge in [0.25, 0.3) is 0 Å². The van der Waals surface area contributed by atoms with Crippen LogP contribution < -0.4 is 4.90 Å². The van der Waals surface area contributed by atoms with Crippen LogP contribution in [0.3, 0.4) is 0 Å². The molecule has 0 bridgehead atoms. The zero-order chi connectivity index (χ0) is 38.1. The van der Waals surface area contributed by atoms with Crippen molar-refractivity contribution in [2.75, 3.05) is 4.90 Å². The molecule has 0 aliphatic heterocycles. The third-order valence-corrected chi connectivity index (χ3v) is 11.7. The summed E-state index contributed by atoms with van der Waals surface area (Å²) >= 11 is 0. The Morgan fingerprint density at radius 2 is 1.04 bits per heavy atom. The van der Waals surface area contributed by atoms with Gasteiger partial charge < -0.3 is 9.32 Å². The van der Waals surface area contributed by atoms with Crippen molar-refractivity contribution in [3.05, 3.63) is 199 Å². The van der Waals surface area contributed by atoms with Gasteiger partial charge in [0, 0.05) is 55.7 Å². The van der Waals surface area contributed by atoms with E-state index in [1.54, 1.807) is 0 Å². The summed E-state index contributed by atoms with van der Waals surface area (Å²) < 4.78 is 6.84. The first-order chi connectivity index (χ1) is 28.0. The number of fused-ring (bicyclic) bond motifs is 8. The van der Waals surface area contributed by atoms with Gasteiger partial charge in [-0.15, -0.1) is 0 Å². The van der Waals surface area contributed by atoms with Crippen LogP contribution in [0.2, 0.25) is 0 Å². The predicted molar refractivity (Wildman–Crippen MR) is 235 cm³/mol. The van der Waals surface area contributed by atoms with E-state index >= 15 is 0 Å². The Kier molecular flexibility index (Phi) is 7.48. The van der Waals surface area contributed by atoms with Crippen molar-refractivity contribution in [3.63, 3.8) is 0 Å². The van der Waals surface area contributed by atoms with E-state index in [0.29, 0.717) is 5.82 Å². The molecule has 57 heavy (non-hydrogen) atoms. The molecule has 0 unspecified atom stereocenters. The molecule has 2 heterocycles. The van der Waals surface area contributed by atoms with Gasteiger partial charge in [0.05, 0.1) is 17.1 Å². The number of hydrogen-bond donors (Lipinski definition) is 0. The first-order valence-corrected chi connectivity index (χ1v) is 19.5. The van der Waals surface area contributed by atoms with Crippen LogP contribution in [0, 0.1) is 0 Å². The number of hydrogen-bond acceptors (Lipinski definition) is 4. The summed E-state index contributed by atoms with van der Waals surface area (Å²) in [4.78, 5) is 13.0. The maximum atomic E-state index is 6.84. The standard InChI is InChI=1S/C53H37N3O/c1-53(2)43-27-15-14-23-38(43)39-30-29-35(31-44(39)53)46-32-45(34-17-6-3-7-18-34)54-52(55-46)42-26-16-28-48-51(42)50-41-25-13-12-24-40(41)47(33-49(50)57-48)56(36-19-8-4-9-20-36)37-21-10-5-11-22-37/h3-33H,1-2H3. The minimum absolute atomic E-state index is 0.127. The van der Waals surface area contributed by atoms with Crippen LogP contribution in [0.5, 0.6) is 0 Å². The lowest BCUT2D eigenvalue weighted by atomic mass is 9.82. The van der Waals surface area contributed by atoms with Gasteiger partial charge in [-0.1, -0.05) is 153 Å². The van der Waals surface area contributed by atoms with Crippen LogP contribution in [0.4, 0.5) is 17.1 Å². The molecule has 10 aromatic rings. The van der Waals surface area contributed by atoms with Crippen LogP contribution in [-0.4, -0.2) is 9.97 Å². The topological polar surface area (TPSA) is 42.2 Å². The number of furan rings is 1. The highest BCUT2D eigenvalue weighted by atomic mass is 16.3. The normalized spacial score (nSPS) is 12.9. The quantitative estimate of drug-likeness (QED) is 0.171. The van der Waals surface area contributed by atoms with Gasteiger partial charge in [0.1, 0.15) is 11.2 Å². The van der Waals surface area contributed by atoms with E-state index in [9.17, 15) is 0 Å². The van der Waals surface area contributed by atoms with Crippen molar-refractivity contribution in [3.8, 4) is 45.0 Å². The van der Waals surface area contributed by atoms with E-state index in [2.05, 4.69) is 201 Å². The molecule has 4 heteroatoms. The third kappa shape index (κ3) is 5.29. The molecule has 0 amide bonds. The van der Waals surface area contributed by atoms with Crippen LogP contribution in [0.25, 0.3) is 77.7 Å². The van der Waals surface area contributed by atoms with E-state index in [0.717, 1.165) is 77.9 Å². The molecule has 1 aliphatic rings. The van der Waals surface area contributed by atoms with Gasteiger partial charge in [-0.25, -0.2) is 9.97 Å². The molecule has 11 rings (SSSR count). The van der Waals surface area contributed by atoms with Gasteiger partial charge in [-0.05, 0) is 70.1 Å². The summed E-state index contributed by atoms with van der Waals surface area (Å²) in [5.74, 6) is 0.658. The SMILES string of the molecule is CC1(C)c2ccccc2-c2ccc(-c3cc(-c4ccccc4)nc(-c4cccc5oc6cc(N(c7ccccc7)c7ccccc7)c7ccccc7c6c45)n3)cc21. The Hall–Kier alpha value is -7.30. The molecule has 0 radical (unpaired) electrons. The molecule has 270 valence electrons. The molecule has 2 aromatic heterocycles. The Morgan fingerprint density at radius 3 is 1.77 bits per heavy atom. The molecule has 0 saturated heterocycles. The zero-order valence-corrected chi connectivity index (χ0v) is 31.6. The van der Waals surface area contributed by atoms with E-state index in [4.69, 9.17) is 14.4 Å². The van der Waals surface area contributed by atoms with Crippen LogP contribution in [0.1, 0.15) is 25.0 Å². The van der Waals surface area contributed by atoms with Crippen molar-refractivity contribution in [2.45, 2.75) is 19.3 Å². The molecule has 0 fully saturated rings. The Labute approximate surface area is 331 Å². The summed E-state index contributed by atoms with van der Waals surface area (Å²) in [6.45, 7) is 4.64. The molecule has 0 atom stereocenters. The fourth-order valence-corrected chi connectivity index (χ4v) is 8.95. The molecule has 0 N–H and O–H groups in total. The van der Waals surface area contributed by atoms with E-state index in [-0.39, 0.29) is 5.41 Å². The Morgan fingerprint density at radius 1 is 0.439 bits per heavy atom. The maximum absolute atomic E-state index is 6.84. The first kappa shape index (κ1) is 33.1. The first-order valence-electron chi connectivity index (χ1n) is 19.5. The zero-order valence-electron chi connectivity index (χ0n) is 31.6. The number of para-hydroxylation sites is 2. The number of benzene rings is 8. The van der Waals surface area contributed by atoms with Crippen LogP contribution in [-0.2, 0) is 5.41 Å². The molecule has 8 aromatic carbocycles. The second-order valence-electron chi connectivity index (χ2n) is 15.4. The molecular formula is C53H37N3O. The molecule has 0 spiro atoms. The fraction of sp³-hybridized carbons (Fsp3) is 0.0566. The van der Waals surface area contributed by atoms with Gasteiger partial charge in [-0.3, -0.25) is 0 Å². The van der Waals surface area contributed by atoms with Crippen molar-refractivity contribution < 1.29 is 4.42 Å². The minimum Gasteiger partial charge on any atom is -0.456 e. The smallest absolute Gasteiger partial charge is 0.161 e. The van der Waals surface area contributed by atoms with E-state index < -0.39 is 0 Å². The Balaban J connectivity index is 1.14. The number of rotatable bonds is 6. The summed E-state index contributed by atoms with van der Waals surface area (Å²) in [6.07, 6.45) is 0. The summed E-state index contributed by atoms with van der Waals surface area (Å²) in [6, 6.07) is 66.3. The number of nitrogens with zero attached hydrogens (tertiary/aromatic N) is 3. The average Bonchev–Trinajstić information content (AvgIpc) is 3.76. The average molecular weight is 732 g/mol. The fourth-order valence-electron chi connectivity index (χ4n) is 8.95. The molecular weight excluding hydrogens is 695 g/mol. The monoisotopic (exact) mass is 731 g/mol. The third-order valence-electron chi connectivity index (χ3n) is 11.7. The lowest BCUT2D eigenvalue weighted by Crippen LogP contribution is -2.14. The van der Waals surface area contributed by atoms with Crippen LogP contribution in [0.15, 0.2) is 192 Å². The minimum atomic E-state index is -0.127. The summed E-state index contributed by atoms with van der Waals surface area (Å²) in [5.41, 5.74) is 14.7. The summed E-state index contributed by atoms with van der Waals surface area (Å²) in [7, 11) is 0. The van der Waals surface area contributed by atoms with E-state index in [1.807, 2.05) is 6.07 Å². The second kappa shape index (κ2) is 12.9. The number of aromatic nitrogens is 2. The molecule has 4 nitrogen and oxygen atoms in total. The summed E-state index contributed by atoms with van der Waals surface area (Å²) in [5, 5.41) is 4.28. The van der Waals surface area contributed by atoms with Gasteiger partial charge >= 0.3 is 0 Å². The van der Waals surface area contributed by atoms with Crippen LogP contribution >= 0.6 is 0 Å². The number of anilines is 3. The molecule has 1 aliphatic carbocycles. The largest absolute Gasteiger partial charge is 0.456 e. The second-order valence-corrected chi connectivity index (χ2v) is 15.4. The maximum Gasteiger partial charge on any atom is 0.161 e. The van der Waals surface area contributed by atoms with Gasteiger partial charge in [0.2, 0.25) is 0 Å².